The molecule has 112 valence electrons. The molecular formula is C13H15N3O3S2. The molecule has 6 nitrogen and oxygen atoms in total. The lowest BCUT2D eigenvalue weighted by atomic mass is 10.2. The smallest absolute Gasteiger partial charge is 0.307 e. The second-order valence-corrected chi connectivity index (χ2v) is 9.05. The van der Waals surface area contributed by atoms with Crippen molar-refractivity contribution in [3.05, 3.63) is 41.9 Å². The van der Waals surface area contributed by atoms with Crippen LogP contribution in [0.5, 0.6) is 0 Å². The summed E-state index contributed by atoms with van der Waals surface area (Å²) in [6.07, 6.45) is 1.83. The molecule has 1 atom stereocenters. The van der Waals surface area contributed by atoms with Crippen LogP contribution in [-0.4, -0.2) is 27.9 Å². The molecule has 0 amide bonds. The normalized spacial score (nSPS) is 21.2. The van der Waals surface area contributed by atoms with Gasteiger partial charge in [-0.25, -0.2) is 9.19 Å². The lowest BCUT2D eigenvalue weighted by Crippen LogP contribution is -2.09. The van der Waals surface area contributed by atoms with E-state index in [1.807, 2.05) is 12.1 Å². The molecule has 1 aromatic carbocycles. The van der Waals surface area contributed by atoms with Crippen molar-refractivity contribution in [1.29, 1.82) is 0 Å². The Labute approximate surface area is 124 Å². The molecule has 0 N–H and O–H groups in total. The monoisotopic (exact) mass is 325 g/mol. The van der Waals surface area contributed by atoms with E-state index in [1.165, 1.54) is 10.8 Å². The van der Waals surface area contributed by atoms with E-state index in [0.717, 1.165) is 5.56 Å². The molecule has 21 heavy (non-hydrogen) atoms. The Balaban J connectivity index is 2.19. The van der Waals surface area contributed by atoms with Crippen LogP contribution in [0.25, 0.3) is 0 Å². The van der Waals surface area contributed by atoms with Gasteiger partial charge in [-0.15, -0.1) is 3.77 Å². The summed E-state index contributed by atoms with van der Waals surface area (Å²) >= 11 is 0. The zero-order valence-electron chi connectivity index (χ0n) is 11.7. The number of sulfonamides is 1. The maximum Gasteiger partial charge on any atom is 0.307 e. The second kappa shape index (κ2) is 4.67. The van der Waals surface area contributed by atoms with Crippen LogP contribution in [-0.2, 0) is 33.2 Å². The highest BCUT2D eigenvalue weighted by molar-refractivity contribution is 8.03. The van der Waals surface area contributed by atoms with Crippen LogP contribution in [0.2, 0.25) is 0 Å². The number of imidazole rings is 1. The zero-order chi connectivity index (χ0) is 15.3. The van der Waals surface area contributed by atoms with Gasteiger partial charge in [0.25, 0.3) is 0 Å². The molecule has 0 radical (unpaired) electrons. The van der Waals surface area contributed by atoms with Gasteiger partial charge in [0.05, 0.1) is 20.8 Å². The topological polar surface area (TPSA) is 81.4 Å². The largest absolute Gasteiger partial charge is 0.321 e. The van der Waals surface area contributed by atoms with E-state index in [-0.39, 0.29) is 10.8 Å². The van der Waals surface area contributed by atoms with E-state index in [1.54, 1.807) is 26.1 Å². The summed E-state index contributed by atoms with van der Waals surface area (Å²) in [5.74, 6) is 0.799. The highest BCUT2D eigenvalue weighted by Gasteiger charge is 2.29. The summed E-state index contributed by atoms with van der Waals surface area (Å²) < 4.78 is 43.0. The number of aryl methyl sites for hydroxylation is 2. The van der Waals surface area contributed by atoms with E-state index < -0.39 is 19.8 Å². The standard InChI is InChI=1S/C13H15N3O3S2/c1-10-14-9-13(16(10)2)21(18,19)15-20(17)8-7-11-5-3-4-6-12(11)20/h3-6,9H,7-8H2,1-2H3. The van der Waals surface area contributed by atoms with Crippen molar-refractivity contribution in [1.82, 2.24) is 9.55 Å². The van der Waals surface area contributed by atoms with Crippen molar-refractivity contribution in [3.8, 4) is 0 Å². The van der Waals surface area contributed by atoms with Crippen LogP contribution >= 0.6 is 0 Å². The van der Waals surface area contributed by atoms with Gasteiger partial charge in [0.1, 0.15) is 5.82 Å². The van der Waals surface area contributed by atoms with Crippen LogP contribution in [0.1, 0.15) is 11.4 Å². The van der Waals surface area contributed by atoms with Crippen LogP contribution in [0.3, 0.4) is 0 Å². The molecule has 0 spiro atoms. The minimum absolute atomic E-state index is 0.0351. The van der Waals surface area contributed by atoms with E-state index in [4.69, 9.17) is 0 Å². The first-order valence-corrected chi connectivity index (χ1v) is 9.53. The Morgan fingerprint density at radius 2 is 2.05 bits per heavy atom. The molecule has 2 heterocycles. The average Bonchev–Trinajstić information content (AvgIpc) is 2.93. The molecule has 2 aromatic rings. The predicted molar refractivity (Wildman–Crippen MR) is 79.0 cm³/mol. The van der Waals surface area contributed by atoms with E-state index in [9.17, 15) is 12.6 Å². The number of aromatic nitrogens is 2. The summed E-state index contributed by atoms with van der Waals surface area (Å²) in [4.78, 5) is 4.49. The third kappa shape index (κ3) is 2.28. The Morgan fingerprint density at radius 3 is 2.71 bits per heavy atom. The minimum Gasteiger partial charge on any atom is -0.321 e. The SMILES string of the molecule is Cc1ncc(S(=O)(=O)N=S2(=O)CCc3ccccc32)n1C. The quantitative estimate of drug-likeness (QED) is 0.838. The first-order chi connectivity index (χ1) is 9.83. The van der Waals surface area contributed by atoms with E-state index >= 15 is 0 Å². The maximum atomic E-state index is 12.9. The molecule has 0 fully saturated rings. The fourth-order valence-corrected chi connectivity index (χ4v) is 6.82. The van der Waals surface area contributed by atoms with Gasteiger partial charge >= 0.3 is 10.0 Å². The second-order valence-electron chi connectivity index (χ2n) is 4.95. The number of benzene rings is 1. The molecule has 1 aromatic heterocycles. The fourth-order valence-electron chi connectivity index (χ4n) is 2.37. The Morgan fingerprint density at radius 1 is 1.33 bits per heavy atom. The van der Waals surface area contributed by atoms with Crippen molar-refractivity contribution in [3.63, 3.8) is 0 Å². The number of nitrogens with zero attached hydrogens (tertiary/aromatic N) is 3. The molecule has 8 heteroatoms. The molecule has 1 unspecified atom stereocenters. The van der Waals surface area contributed by atoms with Crippen molar-refractivity contribution in [2.24, 2.45) is 10.8 Å². The molecule has 0 bridgehead atoms. The van der Waals surface area contributed by atoms with Crippen molar-refractivity contribution in [2.45, 2.75) is 23.3 Å². The van der Waals surface area contributed by atoms with Gasteiger partial charge in [0, 0.05) is 12.8 Å². The van der Waals surface area contributed by atoms with Gasteiger partial charge in [0.15, 0.2) is 5.03 Å². The number of hydrogen-bond acceptors (Lipinski definition) is 4. The summed E-state index contributed by atoms with van der Waals surface area (Å²) in [5.41, 5.74) is 0.905. The molecule has 0 saturated heterocycles. The van der Waals surface area contributed by atoms with Gasteiger partial charge in [-0.1, -0.05) is 18.2 Å². The molecule has 0 aliphatic carbocycles. The van der Waals surface area contributed by atoms with E-state index in [0.29, 0.717) is 17.1 Å². The third-order valence-electron chi connectivity index (χ3n) is 3.62. The van der Waals surface area contributed by atoms with Crippen molar-refractivity contribution >= 4 is 19.8 Å². The van der Waals surface area contributed by atoms with Crippen LogP contribution in [0.4, 0.5) is 0 Å². The Kier molecular flexibility index (Phi) is 3.18. The number of hydrogen-bond donors (Lipinski definition) is 0. The summed E-state index contributed by atoms with van der Waals surface area (Å²) in [6.45, 7) is 1.70. The average molecular weight is 325 g/mol. The maximum absolute atomic E-state index is 12.9. The van der Waals surface area contributed by atoms with Crippen molar-refractivity contribution in [2.75, 3.05) is 5.75 Å². The molecular weight excluding hydrogens is 310 g/mol. The van der Waals surface area contributed by atoms with Crippen LogP contribution in [0.15, 0.2) is 44.2 Å². The van der Waals surface area contributed by atoms with Gasteiger partial charge < -0.3 is 4.57 Å². The minimum atomic E-state index is -4.00. The highest BCUT2D eigenvalue weighted by Crippen LogP contribution is 2.29. The van der Waals surface area contributed by atoms with Gasteiger partial charge in [-0.05, 0) is 25.0 Å². The van der Waals surface area contributed by atoms with E-state index in [2.05, 4.69) is 8.75 Å². The van der Waals surface area contributed by atoms with Crippen LogP contribution in [0, 0.1) is 6.92 Å². The predicted octanol–water partition coefficient (Wildman–Crippen LogP) is 1.50. The zero-order valence-corrected chi connectivity index (χ0v) is 13.3. The first-order valence-electron chi connectivity index (χ1n) is 6.41. The lowest BCUT2D eigenvalue weighted by Gasteiger charge is -2.05. The molecule has 1 aliphatic heterocycles. The molecule has 3 rings (SSSR count). The lowest BCUT2D eigenvalue weighted by molar-refractivity contribution is 0.586. The van der Waals surface area contributed by atoms with Gasteiger partial charge in [-0.2, -0.15) is 8.42 Å². The third-order valence-corrected chi connectivity index (χ3v) is 8.12. The summed E-state index contributed by atoms with van der Waals surface area (Å²) in [5, 5.41) is -0.0351. The molecule has 1 aliphatic rings. The Hall–Kier alpha value is -1.67. The highest BCUT2D eigenvalue weighted by atomic mass is 32.3. The first kappa shape index (κ1) is 14.3. The Bertz CT molecular complexity index is 935. The number of fused-ring (bicyclic) bond motifs is 1. The molecule has 0 saturated carbocycles. The number of rotatable bonds is 2. The summed E-state index contributed by atoms with van der Waals surface area (Å²) in [7, 11) is -5.34. The van der Waals surface area contributed by atoms with Crippen LogP contribution < -0.4 is 0 Å². The fraction of sp³-hybridized carbons (Fsp3) is 0.308. The van der Waals surface area contributed by atoms with Gasteiger partial charge in [0.2, 0.25) is 0 Å². The van der Waals surface area contributed by atoms with Gasteiger partial charge in [-0.3, -0.25) is 0 Å². The summed E-state index contributed by atoms with van der Waals surface area (Å²) in [6, 6.07) is 7.15. The van der Waals surface area contributed by atoms with Crippen molar-refractivity contribution < 1.29 is 12.6 Å².